The van der Waals surface area contributed by atoms with Crippen molar-refractivity contribution in [2.75, 3.05) is 13.1 Å². The zero-order valence-corrected chi connectivity index (χ0v) is 13.5. The van der Waals surface area contributed by atoms with Crippen molar-refractivity contribution in [3.8, 4) is 11.1 Å². The molecule has 2 aromatic rings. The van der Waals surface area contributed by atoms with Gasteiger partial charge in [-0.3, -0.25) is 19.8 Å². The Kier molecular flexibility index (Phi) is 3.69. The molecule has 2 saturated heterocycles. The molecule has 1 atom stereocenters. The van der Waals surface area contributed by atoms with Crippen molar-refractivity contribution < 1.29 is 9.59 Å². The number of rotatable bonds is 3. The van der Waals surface area contributed by atoms with Gasteiger partial charge >= 0.3 is 0 Å². The summed E-state index contributed by atoms with van der Waals surface area (Å²) < 4.78 is 0. The van der Waals surface area contributed by atoms with Crippen LogP contribution >= 0.6 is 0 Å². The molecule has 2 aliphatic rings. The summed E-state index contributed by atoms with van der Waals surface area (Å²) in [7, 11) is 0. The Bertz CT molecular complexity index is 787. The number of benzene rings is 2. The second-order valence-corrected chi connectivity index (χ2v) is 6.86. The molecule has 0 unspecified atom stereocenters. The van der Waals surface area contributed by atoms with E-state index >= 15 is 0 Å². The first-order valence-corrected chi connectivity index (χ1v) is 8.36. The Morgan fingerprint density at radius 1 is 1.00 bits per heavy atom. The zero-order valence-electron chi connectivity index (χ0n) is 13.5. The summed E-state index contributed by atoms with van der Waals surface area (Å²) in [5.41, 5.74) is 3.15. The van der Waals surface area contributed by atoms with E-state index in [0.717, 1.165) is 19.5 Å². The number of hydrogen-bond donors (Lipinski definition) is 1. The average Bonchev–Trinajstić information content (AvgIpc) is 3.11. The number of nitrogens with zero attached hydrogens (tertiary/aromatic N) is 1. The van der Waals surface area contributed by atoms with Gasteiger partial charge in [0.2, 0.25) is 11.8 Å². The van der Waals surface area contributed by atoms with Crippen molar-refractivity contribution in [1.29, 1.82) is 0 Å². The highest BCUT2D eigenvalue weighted by molar-refractivity contribution is 6.06. The fourth-order valence-corrected chi connectivity index (χ4v) is 3.85. The standard InChI is InChI=1S/C20H20N2O2/c23-18-12-20(19(24)21-18)9-10-22(14-20)13-15-5-4-8-17(11-15)16-6-2-1-3-7-16/h1-8,11H,9-10,12-14H2,(H,21,23,24)/t20-/m0/s1. The van der Waals surface area contributed by atoms with Crippen LogP contribution in [0.5, 0.6) is 0 Å². The minimum atomic E-state index is -0.492. The minimum absolute atomic E-state index is 0.0898. The summed E-state index contributed by atoms with van der Waals surface area (Å²) in [5, 5.41) is 2.46. The van der Waals surface area contributed by atoms with Crippen molar-refractivity contribution in [3.05, 3.63) is 60.2 Å². The highest BCUT2D eigenvalue weighted by atomic mass is 16.2. The van der Waals surface area contributed by atoms with E-state index in [-0.39, 0.29) is 11.8 Å². The number of imide groups is 1. The molecule has 1 N–H and O–H groups in total. The van der Waals surface area contributed by atoms with Crippen LogP contribution in [0.2, 0.25) is 0 Å². The van der Waals surface area contributed by atoms with Gasteiger partial charge in [0.15, 0.2) is 0 Å². The van der Waals surface area contributed by atoms with Gasteiger partial charge < -0.3 is 0 Å². The fraction of sp³-hybridized carbons (Fsp3) is 0.300. The summed E-state index contributed by atoms with van der Waals surface area (Å²) in [6, 6.07) is 18.9. The van der Waals surface area contributed by atoms with E-state index in [0.29, 0.717) is 13.0 Å². The molecule has 0 aromatic heterocycles. The molecule has 0 saturated carbocycles. The Morgan fingerprint density at radius 2 is 1.79 bits per heavy atom. The lowest BCUT2D eigenvalue weighted by molar-refractivity contribution is -0.128. The van der Waals surface area contributed by atoms with Crippen molar-refractivity contribution in [1.82, 2.24) is 10.2 Å². The molecule has 2 heterocycles. The van der Waals surface area contributed by atoms with E-state index in [9.17, 15) is 9.59 Å². The quantitative estimate of drug-likeness (QED) is 0.885. The third-order valence-electron chi connectivity index (χ3n) is 5.11. The number of amides is 2. The van der Waals surface area contributed by atoms with Gasteiger partial charge in [-0.15, -0.1) is 0 Å². The van der Waals surface area contributed by atoms with Gasteiger partial charge in [0, 0.05) is 19.5 Å². The topological polar surface area (TPSA) is 49.4 Å². The van der Waals surface area contributed by atoms with E-state index in [4.69, 9.17) is 0 Å². The van der Waals surface area contributed by atoms with Crippen molar-refractivity contribution in [2.45, 2.75) is 19.4 Å². The molecular formula is C20H20N2O2. The number of hydrogen-bond acceptors (Lipinski definition) is 3. The second-order valence-electron chi connectivity index (χ2n) is 6.86. The van der Waals surface area contributed by atoms with Crippen LogP contribution in [-0.2, 0) is 16.1 Å². The Balaban J connectivity index is 1.49. The molecule has 0 radical (unpaired) electrons. The molecule has 0 aliphatic carbocycles. The fourth-order valence-electron chi connectivity index (χ4n) is 3.85. The highest BCUT2D eigenvalue weighted by Crippen LogP contribution is 2.38. The van der Waals surface area contributed by atoms with Gasteiger partial charge in [0.1, 0.15) is 0 Å². The Hall–Kier alpha value is -2.46. The molecule has 4 heteroatoms. The van der Waals surface area contributed by atoms with Crippen LogP contribution in [0.15, 0.2) is 54.6 Å². The van der Waals surface area contributed by atoms with E-state index in [2.05, 4.69) is 46.6 Å². The first-order chi connectivity index (χ1) is 11.6. The van der Waals surface area contributed by atoms with Crippen LogP contribution in [0.1, 0.15) is 18.4 Å². The van der Waals surface area contributed by atoms with Gasteiger partial charge in [-0.2, -0.15) is 0 Å². The van der Waals surface area contributed by atoms with E-state index in [1.807, 2.05) is 18.2 Å². The van der Waals surface area contributed by atoms with Crippen LogP contribution in [0.4, 0.5) is 0 Å². The maximum absolute atomic E-state index is 12.1. The summed E-state index contributed by atoms with van der Waals surface area (Å²) in [6.07, 6.45) is 1.11. The molecule has 2 fully saturated rings. The lowest BCUT2D eigenvalue weighted by Gasteiger charge is -2.20. The molecule has 122 valence electrons. The van der Waals surface area contributed by atoms with Gasteiger partial charge in [0.05, 0.1) is 5.41 Å². The minimum Gasteiger partial charge on any atom is -0.298 e. The Morgan fingerprint density at radius 3 is 2.54 bits per heavy atom. The molecule has 24 heavy (non-hydrogen) atoms. The van der Waals surface area contributed by atoms with Crippen molar-refractivity contribution in [3.63, 3.8) is 0 Å². The normalized spacial score (nSPS) is 23.8. The van der Waals surface area contributed by atoms with Crippen LogP contribution in [0.3, 0.4) is 0 Å². The summed E-state index contributed by atoms with van der Waals surface area (Å²) in [4.78, 5) is 25.9. The SMILES string of the molecule is O=C1C[C@]2(CCN(Cc3cccc(-c4ccccc4)c3)C2)C(=O)N1. The molecule has 2 aromatic carbocycles. The maximum Gasteiger partial charge on any atom is 0.234 e. The number of likely N-dealkylation sites (tertiary alicyclic amines) is 1. The molecular weight excluding hydrogens is 300 g/mol. The molecule has 4 rings (SSSR count). The first kappa shape index (κ1) is 15.1. The van der Waals surface area contributed by atoms with Crippen LogP contribution in [0.25, 0.3) is 11.1 Å². The third-order valence-corrected chi connectivity index (χ3v) is 5.11. The van der Waals surface area contributed by atoms with Gasteiger partial charge in [-0.25, -0.2) is 0 Å². The summed E-state index contributed by atoms with van der Waals surface area (Å²) >= 11 is 0. The van der Waals surface area contributed by atoms with Crippen molar-refractivity contribution >= 4 is 11.8 Å². The van der Waals surface area contributed by atoms with Crippen LogP contribution in [-0.4, -0.2) is 29.8 Å². The highest BCUT2D eigenvalue weighted by Gasteiger charge is 2.50. The summed E-state index contributed by atoms with van der Waals surface area (Å²) in [5.74, 6) is -0.221. The number of nitrogens with one attached hydrogen (secondary N) is 1. The Labute approximate surface area is 141 Å². The second kappa shape index (κ2) is 5.87. The monoisotopic (exact) mass is 320 g/mol. The van der Waals surface area contributed by atoms with Gasteiger partial charge in [0.25, 0.3) is 0 Å². The average molecular weight is 320 g/mol. The summed E-state index contributed by atoms with van der Waals surface area (Å²) in [6.45, 7) is 2.33. The largest absolute Gasteiger partial charge is 0.298 e. The van der Waals surface area contributed by atoms with E-state index < -0.39 is 5.41 Å². The van der Waals surface area contributed by atoms with Crippen molar-refractivity contribution in [2.24, 2.45) is 5.41 Å². The predicted octanol–water partition coefficient (Wildman–Crippen LogP) is 2.59. The smallest absolute Gasteiger partial charge is 0.234 e. The third kappa shape index (κ3) is 2.74. The maximum atomic E-state index is 12.1. The molecule has 4 nitrogen and oxygen atoms in total. The molecule has 1 spiro atoms. The predicted molar refractivity (Wildman–Crippen MR) is 92.0 cm³/mol. The zero-order chi connectivity index (χ0) is 16.6. The van der Waals surface area contributed by atoms with Crippen LogP contribution in [0, 0.1) is 5.41 Å². The van der Waals surface area contributed by atoms with Gasteiger partial charge in [-0.05, 0) is 35.7 Å². The number of carbonyl (C=O) groups excluding carboxylic acids is 2. The first-order valence-electron chi connectivity index (χ1n) is 8.36. The molecule has 2 amide bonds. The molecule has 0 bridgehead atoms. The van der Waals surface area contributed by atoms with Crippen LogP contribution < -0.4 is 5.32 Å². The van der Waals surface area contributed by atoms with E-state index in [1.165, 1.54) is 16.7 Å². The van der Waals surface area contributed by atoms with Gasteiger partial charge in [-0.1, -0.05) is 48.5 Å². The number of carbonyl (C=O) groups is 2. The lowest BCUT2D eigenvalue weighted by atomic mass is 9.85. The van der Waals surface area contributed by atoms with E-state index in [1.54, 1.807) is 0 Å². The molecule has 2 aliphatic heterocycles. The lowest BCUT2D eigenvalue weighted by Crippen LogP contribution is -2.34.